The highest BCUT2D eigenvalue weighted by atomic mass is 16.4. The molecule has 4 heteroatoms. The van der Waals surface area contributed by atoms with Gasteiger partial charge in [0.05, 0.1) is 12.2 Å². The maximum absolute atomic E-state index is 11.6. The lowest BCUT2D eigenvalue weighted by atomic mass is 9.89. The molecule has 0 bridgehead atoms. The van der Waals surface area contributed by atoms with Gasteiger partial charge < -0.3 is 15.3 Å². The van der Waals surface area contributed by atoms with E-state index < -0.39 is 18.2 Å². The summed E-state index contributed by atoms with van der Waals surface area (Å²) in [7, 11) is 0. The second kappa shape index (κ2) is 9.39. The Kier molecular flexibility index (Phi) is 7.49. The Balaban J connectivity index is 2.09. The molecule has 0 spiro atoms. The largest absolute Gasteiger partial charge is 0.478 e. The second-order valence-electron chi connectivity index (χ2n) is 7.83. The molecular formula is C22H32O4. The third kappa shape index (κ3) is 4.78. The molecule has 4 nitrogen and oxygen atoms in total. The van der Waals surface area contributed by atoms with Gasteiger partial charge in [0, 0.05) is 17.9 Å². The number of aliphatic hydroxyl groups is 2. The molecule has 26 heavy (non-hydrogen) atoms. The highest BCUT2D eigenvalue weighted by Gasteiger charge is 2.46. The number of carboxylic acids is 1. The van der Waals surface area contributed by atoms with Gasteiger partial charge in [0.2, 0.25) is 0 Å². The molecule has 2 rings (SSSR count). The van der Waals surface area contributed by atoms with E-state index in [-0.39, 0.29) is 17.8 Å². The SMILES string of the molecule is CC#CCC(C)[C@H](O)/C=C/[C@@H]1[C@H]2CC(=C(CCC)C(=O)O)C[C@H]2C[C@H]1O. The highest BCUT2D eigenvalue weighted by molar-refractivity contribution is 5.87. The number of aliphatic hydroxyl groups excluding tert-OH is 2. The number of carboxylic acid groups (broad SMARTS) is 1. The van der Waals surface area contributed by atoms with Crippen LogP contribution in [0.5, 0.6) is 0 Å². The lowest BCUT2D eigenvalue weighted by Crippen LogP contribution is -2.19. The van der Waals surface area contributed by atoms with Gasteiger partial charge in [-0.25, -0.2) is 4.79 Å². The van der Waals surface area contributed by atoms with Crippen LogP contribution in [-0.2, 0) is 4.79 Å². The zero-order valence-corrected chi connectivity index (χ0v) is 16.1. The molecule has 0 aliphatic heterocycles. The van der Waals surface area contributed by atoms with Crippen LogP contribution >= 0.6 is 0 Å². The second-order valence-corrected chi connectivity index (χ2v) is 7.83. The molecule has 2 aliphatic carbocycles. The molecule has 3 N–H and O–H groups in total. The van der Waals surface area contributed by atoms with Crippen LogP contribution in [0, 0.1) is 35.5 Å². The molecule has 2 aliphatic rings. The van der Waals surface area contributed by atoms with Crippen molar-refractivity contribution in [3.8, 4) is 11.8 Å². The zero-order valence-electron chi connectivity index (χ0n) is 16.1. The Bertz CT molecular complexity index is 622. The molecule has 0 radical (unpaired) electrons. The van der Waals surface area contributed by atoms with Gasteiger partial charge in [-0.3, -0.25) is 0 Å². The average molecular weight is 360 g/mol. The van der Waals surface area contributed by atoms with E-state index in [4.69, 9.17) is 0 Å². The number of hydrogen-bond donors (Lipinski definition) is 3. The minimum Gasteiger partial charge on any atom is -0.478 e. The Morgan fingerprint density at radius 2 is 2.12 bits per heavy atom. The van der Waals surface area contributed by atoms with Crippen molar-refractivity contribution in [3.05, 3.63) is 23.3 Å². The molecule has 0 aromatic heterocycles. The fourth-order valence-electron chi connectivity index (χ4n) is 4.48. The van der Waals surface area contributed by atoms with E-state index in [1.54, 1.807) is 13.0 Å². The van der Waals surface area contributed by atoms with E-state index in [0.717, 1.165) is 31.3 Å². The number of hydrogen-bond acceptors (Lipinski definition) is 3. The lowest BCUT2D eigenvalue weighted by molar-refractivity contribution is -0.132. The number of carbonyl (C=O) groups is 1. The first kappa shape index (κ1) is 20.7. The Morgan fingerprint density at radius 3 is 2.73 bits per heavy atom. The lowest BCUT2D eigenvalue weighted by Gasteiger charge is -2.19. The molecular weight excluding hydrogens is 328 g/mol. The third-order valence-corrected chi connectivity index (χ3v) is 5.98. The summed E-state index contributed by atoms with van der Waals surface area (Å²) in [6.07, 6.45) is 7.13. The standard InChI is InChI=1S/C22H32O4/c1-4-6-8-14(3)20(23)10-9-18-19-12-15(11-16(19)13-21(18)24)17(7-5-2)22(25)26/h9-10,14,16,18-21,23-24H,5,7-8,11-13H2,1-3H3,(H,25,26)/b10-9+,17-15?/t14?,16-,18+,19-,20+,21+/m0/s1. The molecule has 0 saturated heterocycles. The topological polar surface area (TPSA) is 77.8 Å². The smallest absolute Gasteiger partial charge is 0.331 e. The van der Waals surface area contributed by atoms with Crippen LogP contribution < -0.4 is 0 Å². The zero-order chi connectivity index (χ0) is 19.3. The van der Waals surface area contributed by atoms with Gasteiger partial charge >= 0.3 is 5.97 Å². The van der Waals surface area contributed by atoms with Crippen LogP contribution in [0.25, 0.3) is 0 Å². The Hall–Kier alpha value is -1.57. The van der Waals surface area contributed by atoms with Gasteiger partial charge in [-0.15, -0.1) is 11.8 Å². The predicted octanol–water partition coefficient (Wildman–Crippen LogP) is 3.54. The fourth-order valence-corrected chi connectivity index (χ4v) is 4.48. The van der Waals surface area contributed by atoms with Crippen LogP contribution in [0.3, 0.4) is 0 Å². The van der Waals surface area contributed by atoms with Crippen LogP contribution in [0.2, 0.25) is 0 Å². The first-order chi connectivity index (χ1) is 12.4. The van der Waals surface area contributed by atoms with Gasteiger partial charge in [0.25, 0.3) is 0 Å². The summed E-state index contributed by atoms with van der Waals surface area (Å²) in [4.78, 5) is 11.6. The number of fused-ring (bicyclic) bond motifs is 1. The number of aliphatic carboxylic acids is 1. The molecule has 6 atom stereocenters. The highest BCUT2D eigenvalue weighted by Crippen LogP contribution is 2.51. The quantitative estimate of drug-likeness (QED) is 0.369. The molecule has 0 heterocycles. The third-order valence-electron chi connectivity index (χ3n) is 5.98. The fraction of sp³-hybridized carbons (Fsp3) is 0.682. The van der Waals surface area contributed by atoms with Crippen LogP contribution in [-0.4, -0.2) is 33.5 Å². The van der Waals surface area contributed by atoms with E-state index in [1.165, 1.54) is 0 Å². The van der Waals surface area contributed by atoms with Crippen molar-refractivity contribution in [3.63, 3.8) is 0 Å². The molecule has 2 saturated carbocycles. The maximum atomic E-state index is 11.6. The van der Waals surface area contributed by atoms with Crippen molar-refractivity contribution < 1.29 is 20.1 Å². The molecule has 2 fully saturated rings. The monoisotopic (exact) mass is 360 g/mol. The summed E-state index contributed by atoms with van der Waals surface area (Å²) in [6, 6.07) is 0. The molecule has 144 valence electrons. The van der Waals surface area contributed by atoms with E-state index in [9.17, 15) is 20.1 Å². The van der Waals surface area contributed by atoms with E-state index in [1.807, 2.05) is 19.9 Å². The van der Waals surface area contributed by atoms with Crippen molar-refractivity contribution in [2.75, 3.05) is 0 Å². The summed E-state index contributed by atoms with van der Waals surface area (Å²) in [5, 5.41) is 30.2. The van der Waals surface area contributed by atoms with Crippen molar-refractivity contribution in [2.45, 2.75) is 71.5 Å². The van der Waals surface area contributed by atoms with Crippen molar-refractivity contribution in [2.24, 2.45) is 23.7 Å². The van der Waals surface area contributed by atoms with Gasteiger partial charge in [-0.1, -0.05) is 38.0 Å². The molecule has 0 amide bonds. The first-order valence-corrected chi connectivity index (χ1v) is 9.77. The van der Waals surface area contributed by atoms with Crippen molar-refractivity contribution >= 4 is 5.97 Å². The summed E-state index contributed by atoms with van der Waals surface area (Å²) < 4.78 is 0. The molecule has 0 aromatic carbocycles. The minimum atomic E-state index is -0.796. The molecule has 1 unspecified atom stereocenters. The maximum Gasteiger partial charge on any atom is 0.331 e. The normalized spacial score (nSPS) is 32.0. The summed E-state index contributed by atoms with van der Waals surface area (Å²) in [5.74, 6) is 5.71. The van der Waals surface area contributed by atoms with Crippen molar-refractivity contribution in [1.29, 1.82) is 0 Å². The van der Waals surface area contributed by atoms with E-state index in [2.05, 4.69) is 11.8 Å². The number of rotatable bonds is 7. The van der Waals surface area contributed by atoms with Crippen LogP contribution in [0.4, 0.5) is 0 Å². The first-order valence-electron chi connectivity index (χ1n) is 9.77. The van der Waals surface area contributed by atoms with Crippen LogP contribution in [0.15, 0.2) is 23.3 Å². The number of allylic oxidation sites excluding steroid dienone is 1. The summed E-state index contributed by atoms with van der Waals surface area (Å²) >= 11 is 0. The Labute approximate surface area is 157 Å². The molecule has 0 aromatic rings. The van der Waals surface area contributed by atoms with E-state index in [0.29, 0.717) is 24.3 Å². The van der Waals surface area contributed by atoms with Gasteiger partial charge in [-0.2, -0.15) is 0 Å². The minimum absolute atomic E-state index is 0.00622. The van der Waals surface area contributed by atoms with Gasteiger partial charge in [-0.05, 0) is 50.4 Å². The van der Waals surface area contributed by atoms with E-state index >= 15 is 0 Å². The summed E-state index contributed by atoms with van der Waals surface area (Å²) in [6.45, 7) is 5.76. The van der Waals surface area contributed by atoms with Gasteiger partial charge in [0.1, 0.15) is 0 Å². The average Bonchev–Trinajstić information content (AvgIpc) is 3.11. The van der Waals surface area contributed by atoms with Gasteiger partial charge in [0.15, 0.2) is 0 Å². The van der Waals surface area contributed by atoms with Crippen molar-refractivity contribution in [1.82, 2.24) is 0 Å². The van der Waals surface area contributed by atoms with Crippen LogP contribution in [0.1, 0.15) is 59.3 Å². The Morgan fingerprint density at radius 1 is 1.38 bits per heavy atom. The predicted molar refractivity (Wildman–Crippen MR) is 102 cm³/mol. The summed E-state index contributed by atoms with van der Waals surface area (Å²) in [5.41, 5.74) is 1.64.